The molecule has 0 amide bonds. The maximum atomic E-state index is 11.8. The highest BCUT2D eigenvalue weighted by Crippen LogP contribution is 2.14. The number of hydrogen-bond acceptors (Lipinski definition) is 3. The monoisotopic (exact) mass is 384 g/mol. The fourth-order valence-corrected chi connectivity index (χ4v) is 3.43. The van der Waals surface area contributed by atoms with Crippen molar-refractivity contribution in [1.29, 1.82) is 0 Å². The molecule has 0 fully saturated rings. The van der Waals surface area contributed by atoms with Crippen LogP contribution >= 0.6 is 0 Å². The van der Waals surface area contributed by atoms with Crippen LogP contribution < -0.4 is 0 Å². The predicted molar refractivity (Wildman–Crippen MR) is 112 cm³/mol. The Bertz CT molecular complexity index is 354. The van der Waals surface area contributed by atoms with E-state index < -0.39 is 12.1 Å². The highest BCUT2D eigenvalue weighted by molar-refractivity contribution is 5.71. The van der Waals surface area contributed by atoms with E-state index in [4.69, 9.17) is 9.84 Å². The van der Waals surface area contributed by atoms with Crippen molar-refractivity contribution in [1.82, 2.24) is 0 Å². The van der Waals surface area contributed by atoms with Crippen molar-refractivity contribution in [2.45, 2.75) is 136 Å². The van der Waals surface area contributed by atoms with Crippen LogP contribution in [0.1, 0.15) is 129 Å². The van der Waals surface area contributed by atoms with Gasteiger partial charge in [-0.3, -0.25) is 9.59 Å². The maximum absolute atomic E-state index is 11.8. The first-order valence-electron chi connectivity index (χ1n) is 11.5. The molecular weight excluding hydrogens is 340 g/mol. The molecule has 0 aliphatic carbocycles. The Morgan fingerprint density at radius 1 is 0.704 bits per heavy atom. The first-order chi connectivity index (χ1) is 13.1. The lowest BCUT2D eigenvalue weighted by Gasteiger charge is -2.15. The molecule has 27 heavy (non-hydrogen) atoms. The van der Waals surface area contributed by atoms with E-state index in [1.54, 1.807) is 0 Å². The summed E-state index contributed by atoms with van der Waals surface area (Å²) < 4.78 is 5.30. The average Bonchev–Trinajstić information content (AvgIpc) is 2.61. The molecule has 0 bridgehead atoms. The fraction of sp³-hybridized carbons (Fsp3) is 0.913. The number of carbonyl (C=O) groups is 2. The Morgan fingerprint density at radius 2 is 1.15 bits per heavy atom. The minimum Gasteiger partial charge on any atom is -0.481 e. The lowest BCUT2D eigenvalue weighted by atomic mass is 10.0. The standard InChI is InChI=1S/C23H44O4/c1-3-5-6-7-8-9-10-11-12-13-14-15-16-17-19-23(26)27-21(18-4-2)20-22(24)25/h21H,3-20H2,1-2H3,(H,24,25). The molecule has 4 heteroatoms. The molecule has 0 heterocycles. The van der Waals surface area contributed by atoms with Gasteiger partial charge in [0.2, 0.25) is 0 Å². The van der Waals surface area contributed by atoms with Crippen LogP contribution in [0.25, 0.3) is 0 Å². The summed E-state index contributed by atoms with van der Waals surface area (Å²) >= 11 is 0. The van der Waals surface area contributed by atoms with Gasteiger partial charge in [-0.15, -0.1) is 0 Å². The molecule has 0 rings (SSSR count). The average molecular weight is 385 g/mol. The van der Waals surface area contributed by atoms with Crippen LogP contribution in [-0.2, 0) is 14.3 Å². The second-order valence-electron chi connectivity index (χ2n) is 7.84. The molecule has 0 radical (unpaired) electrons. The van der Waals surface area contributed by atoms with E-state index in [2.05, 4.69) is 6.92 Å². The Morgan fingerprint density at radius 3 is 1.56 bits per heavy atom. The summed E-state index contributed by atoms with van der Waals surface area (Å²) in [7, 11) is 0. The largest absolute Gasteiger partial charge is 0.481 e. The normalized spacial score (nSPS) is 12.1. The van der Waals surface area contributed by atoms with Crippen LogP contribution in [0.4, 0.5) is 0 Å². The quantitative estimate of drug-likeness (QED) is 0.180. The summed E-state index contributed by atoms with van der Waals surface area (Å²) in [5.41, 5.74) is 0. The van der Waals surface area contributed by atoms with Crippen LogP contribution in [0.5, 0.6) is 0 Å². The summed E-state index contributed by atoms with van der Waals surface area (Å²) in [6.07, 6.45) is 19.4. The van der Waals surface area contributed by atoms with E-state index in [0.29, 0.717) is 12.8 Å². The number of carboxylic acids is 1. The third-order valence-electron chi connectivity index (χ3n) is 5.05. The summed E-state index contributed by atoms with van der Waals surface area (Å²) in [4.78, 5) is 22.6. The van der Waals surface area contributed by atoms with Crippen molar-refractivity contribution in [3.8, 4) is 0 Å². The molecule has 1 unspecified atom stereocenters. The first kappa shape index (κ1) is 25.9. The van der Waals surface area contributed by atoms with Crippen LogP contribution in [0.15, 0.2) is 0 Å². The second kappa shape index (κ2) is 19.7. The van der Waals surface area contributed by atoms with Crippen molar-refractivity contribution in [2.24, 2.45) is 0 Å². The number of aliphatic carboxylic acids is 1. The van der Waals surface area contributed by atoms with Gasteiger partial charge in [-0.25, -0.2) is 0 Å². The minimum atomic E-state index is -0.905. The summed E-state index contributed by atoms with van der Waals surface area (Å²) in [5, 5.41) is 8.84. The van der Waals surface area contributed by atoms with Gasteiger partial charge in [0, 0.05) is 6.42 Å². The van der Waals surface area contributed by atoms with Gasteiger partial charge in [-0.1, -0.05) is 104 Å². The zero-order chi connectivity index (χ0) is 20.2. The lowest BCUT2D eigenvalue weighted by molar-refractivity contribution is -0.153. The highest BCUT2D eigenvalue weighted by Gasteiger charge is 2.16. The smallest absolute Gasteiger partial charge is 0.307 e. The third-order valence-corrected chi connectivity index (χ3v) is 5.05. The fourth-order valence-electron chi connectivity index (χ4n) is 3.43. The topological polar surface area (TPSA) is 63.6 Å². The van der Waals surface area contributed by atoms with E-state index in [-0.39, 0.29) is 12.4 Å². The molecule has 0 saturated carbocycles. The second-order valence-corrected chi connectivity index (χ2v) is 7.84. The third kappa shape index (κ3) is 19.5. The van der Waals surface area contributed by atoms with Gasteiger partial charge in [0.1, 0.15) is 6.10 Å². The van der Waals surface area contributed by atoms with E-state index in [1.807, 2.05) is 6.92 Å². The number of unbranched alkanes of at least 4 members (excludes halogenated alkanes) is 13. The Balaban J connectivity index is 3.40. The number of rotatable bonds is 20. The molecule has 1 N–H and O–H groups in total. The number of ether oxygens (including phenoxy) is 1. The molecule has 0 aromatic heterocycles. The van der Waals surface area contributed by atoms with Crippen molar-refractivity contribution in [3.05, 3.63) is 0 Å². The summed E-state index contributed by atoms with van der Waals surface area (Å²) in [5.74, 6) is -1.15. The van der Waals surface area contributed by atoms with Gasteiger partial charge in [0.25, 0.3) is 0 Å². The van der Waals surface area contributed by atoms with Crippen LogP contribution in [0.3, 0.4) is 0 Å². The predicted octanol–water partition coefficient (Wildman–Crippen LogP) is 7.04. The first-order valence-corrected chi connectivity index (χ1v) is 11.5. The van der Waals surface area contributed by atoms with Crippen molar-refractivity contribution < 1.29 is 19.4 Å². The van der Waals surface area contributed by atoms with E-state index in [1.165, 1.54) is 77.0 Å². The van der Waals surface area contributed by atoms with Crippen LogP contribution in [-0.4, -0.2) is 23.1 Å². The SMILES string of the molecule is CCCCCCCCCCCCCCCCC(=O)OC(CCC)CC(=O)O. The summed E-state index contributed by atoms with van der Waals surface area (Å²) in [6.45, 7) is 4.23. The highest BCUT2D eigenvalue weighted by atomic mass is 16.5. The Hall–Kier alpha value is -1.06. The summed E-state index contributed by atoms with van der Waals surface area (Å²) in [6, 6.07) is 0. The van der Waals surface area contributed by atoms with Gasteiger partial charge in [0.05, 0.1) is 6.42 Å². The zero-order valence-electron chi connectivity index (χ0n) is 18.0. The maximum Gasteiger partial charge on any atom is 0.307 e. The molecule has 0 aromatic carbocycles. The molecule has 0 saturated heterocycles. The molecule has 4 nitrogen and oxygen atoms in total. The minimum absolute atomic E-state index is 0.0850. The van der Waals surface area contributed by atoms with Gasteiger partial charge >= 0.3 is 11.9 Å². The molecule has 0 aromatic rings. The Labute approximate surface area is 167 Å². The van der Waals surface area contributed by atoms with Crippen molar-refractivity contribution in [3.63, 3.8) is 0 Å². The van der Waals surface area contributed by atoms with Gasteiger partial charge in [-0.05, 0) is 12.8 Å². The zero-order valence-corrected chi connectivity index (χ0v) is 18.0. The number of carboxylic acid groups (broad SMARTS) is 1. The van der Waals surface area contributed by atoms with E-state index in [0.717, 1.165) is 19.3 Å². The molecule has 160 valence electrons. The molecule has 1 atom stereocenters. The number of hydrogen-bond donors (Lipinski definition) is 1. The van der Waals surface area contributed by atoms with Gasteiger partial charge in [0.15, 0.2) is 0 Å². The van der Waals surface area contributed by atoms with Gasteiger partial charge < -0.3 is 9.84 Å². The van der Waals surface area contributed by atoms with E-state index >= 15 is 0 Å². The molecule has 0 spiro atoms. The number of esters is 1. The van der Waals surface area contributed by atoms with Crippen molar-refractivity contribution >= 4 is 11.9 Å². The molecule has 0 aliphatic rings. The number of carbonyl (C=O) groups excluding carboxylic acids is 1. The lowest BCUT2D eigenvalue weighted by Crippen LogP contribution is -2.21. The van der Waals surface area contributed by atoms with Crippen molar-refractivity contribution in [2.75, 3.05) is 0 Å². The molecular formula is C23H44O4. The Kier molecular flexibility index (Phi) is 18.9. The molecule has 0 aliphatic heterocycles. The van der Waals surface area contributed by atoms with Gasteiger partial charge in [-0.2, -0.15) is 0 Å². The van der Waals surface area contributed by atoms with Crippen LogP contribution in [0.2, 0.25) is 0 Å². The van der Waals surface area contributed by atoms with Crippen LogP contribution in [0, 0.1) is 0 Å². The van der Waals surface area contributed by atoms with E-state index in [9.17, 15) is 9.59 Å².